The molecule has 0 saturated carbocycles. The minimum Gasteiger partial charge on any atom is -0.315 e. The number of benzene rings is 1. The van der Waals surface area contributed by atoms with Crippen LogP contribution >= 0.6 is 0 Å². The van der Waals surface area contributed by atoms with Crippen molar-refractivity contribution in [3.05, 3.63) is 35.4 Å². The van der Waals surface area contributed by atoms with Gasteiger partial charge in [-0.25, -0.2) is 0 Å². The molecule has 1 aliphatic carbocycles. The van der Waals surface area contributed by atoms with Gasteiger partial charge in [0.05, 0.1) is 0 Å². The highest BCUT2D eigenvalue weighted by atomic mass is 15.1. The number of rotatable bonds is 7. The van der Waals surface area contributed by atoms with Crippen LogP contribution in [-0.2, 0) is 6.42 Å². The Morgan fingerprint density at radius 2 is 2.12 bits per heavy atom. The molecule has 94 valence electrons. The maximum Gasteiger partial charge on any atom is 0.0104 e. The summed E-state index contributed by atoms with van der Waals surface area (Å²) in [6.07, 6.45) is 2.49. The summed E-state index contributed by atoms with van der Waals surface area (Å²) < 4.78 is 0. The van der Waals surface area contributed by atoms with E-state index in [9.17, 15) is 0 Å². The van der Waals surface area contributed by atoms with E-state index in [1.54, 1.807) is 11.1 Å². The molecule has 0 heterocycles. The van der Waals surface area contributed by atoms with Gasteiger partial charge in [0, 0.05) is 25.6 Å². The first-order chi connectivity index (χ1) is 8.31. The number of hydrogen-bond donors (Lipinski definition) is 1. The minimum atomic E-state index is 0.766. The first-order valence-electron chi connectivity index (χ1n) is 6.78. The monoisotopic (exact) mass is 232 g/mol. The van der Waals surface area contributed by atoms with Crippen LogP contribution in [0.1, 0.15) is 30.4 Å². The molecule has 0 fully saturated rings. The first kappa shape index (κ1) is 12.6. The van der Waals surface area contributed by atoms with Crippen LogP contribution in [0.4, 0.5) is 0 Å². The second kappa shape index (κ2) is 6.18. The van der Waals surface area contributed by atoms with E-state index < -0.39 is 0 Å². The van der Waals surface area contributed by atoms with Crippen molar-refractivity contribution >= 4 is 0 Å². The zero-order valence-corrected chi connectivity index (χ0v) is 11.1. The Bertz CT molecular complexity index is 349. The van der Waals surface area contributed by atoms with Gasteiger partial charge >= 0.3 is 0 Å². The van der Waals surface area contributed by atoms with Gasteiger partial charge < -0.3 is 10.2 Å². The van der Waals surface area contributed by atoms with Gasteiger partial charge in [0.25, 0.3) is 0 Å². The quantitative estimate of drug-likeness (QED) is 0.725. The molecule has 1 N–H and O–H groups in total. The molecule has 2 heteroatoms. The molecule has 0 radical (unpaired) electrons. The molecule has 0 spiro atoms. The van der Waals surface area contributed by atoms with Gasteiger partial charge in [-0.2, -0.15) is 0 Å². The molecule has 2 nitrogen and oxygen atoms in total. The molecule has 17 heavy (non-hydrogen) atoms. The number of fused-ring (bicyclic) bond motifs is 1. The van der Waals surface area contributed by atoms with Gasteiger partial charge in [0.2, 0.25) is 0 Å². The van der Waals surface area contributed by atoms with Crippen molar-refractivity contribution in [2.75, 3.05) is 33.2 Å². The fraction of sp³-hybridized carbons (Fsp3) is 0.600. The topological polar surface area (TPSA) is 15.3 Å². The molecule has 1 unspecified atom stereocenters. The number of nitrogens with one attached hydrogen (secondary N) is 1. The van der Waals surface area contributed by atoms with Crippen molar-refractivity contribution < 1.29 is 0 Å². The smallest absolute Gasteiger partial charge is 0.0104 e. The Labute approximate surface area is 105 Å². The lowest BCUT2D eigenvalue weighted by Gasteiger charge is -2.33. The van der Waals surface area contributed by atoms with E-state index in [2.05, 4.69) is 48.5 Å². The third-order valence-corrected chi connectivity index (χ3v) is 3.59. The van der Waals surface area contributed by atoms with E-state index in [0.29, 0.717) is 0 Å². The summed E-state index contributed by atoms with van der Waals surface area (Å²) in [6, 6.07) is 8.85. The van der Waals surface area contributed by atoms with Crippen molar-refractivity contribution in [2.45, 2.75) is 25.7 Å². The van der Waals surface area contributed by atoms with Crippen molar-refractivity contribution in [1.29, 1.82) is 0 Å². The van der Waals surface area contributed by atoms with E-state index in [0.717, 1.165) is 25.6 Å². The highest BCUT2D eigenvalue weighted by Gasteiger charge is 2.25. The van der Waals surface area contributed by atoms with Crippen LogP contribution < -0.4 is 5.32 Å². The maximum atomic E-state index is 3.45. The first-order valence-corrected chi connectivity index (χ1v) is 6.78. The van der Waals surface area contributed by atoms with Gasteiger partial charge in [-0.3, -0.25) is 0 Å². The lowest BCUT2D eigenvalue weighted by Crippen LogP contribution is -2.35. The van der Waals surface area contributed by atoms with Crippen molar-refractivity contribution in [2.24, 2.45) is 0 Å². The number of nitrogens with zero attached hydrogens (tertiary/aromatic N) is 1. The average Bonchev–Trinajstić information content (AvgIpc) is 2.32. The van der Waals surface area contributed by atoms with E-state index in [4.69, 9.17) is 0 Å². The Morgan fingerprint density at radius 1 is 1.29 bits per heavy atom. The summed E-state index contributed by atoms with van der Waals surface area (Å²) >= 11 is 0. The van der Waals surface area contributed by atoms with Crippen LogP contribution in [0.2, 0.25) is 0 Å². The fourth-order valence-electron chi connectivity index (χ4n) is 2.56. The predicted molar refractivity (Wildman–Crippen MR) is 73.5 cm³/mol. The summed E-state index contributed by atoms with van der Waals surface area (Å²) in [6.45, 7) is 6.81. The third kappa shape index (κ3) is 3.30. The van der Waals surface area contributed by atoms with E-state index in [-0.39, 0.29) is 0 Å². The number of likely N-dealkylation sites (N-methyl/N-ethyl adjacent to an activating group) is 1. The predicted octanol–water partition coefficient (Wildman–Crippen LogP) is 2.26. The molecule has 1 atom stereocenters. The lowest BCUT2D eigenvalue weighted by atomic mass is 9.77. The van der Waals surface area contributed by atoms with E-state index in [1.807, 2.05) is 0 Å². The van der Waals surface area contributed by atoms with Crippen LogP contribution in [0.5, 0.6) is 0 Å². The average molecular weight is 232 g/mol. The summed E-state index contributed by atoms with van der Waals surface area (Å²) in [5, 5.41) is 3.45. The molecule has 0 saturated heterocycles. The Morgan fingerprint density at radius 3 is 2.88 bits per heavy atom. The molecular weight excluding hydrogens is 208 g/mol. The molecular formula is C15H24N2. The summed E-state index contributed by atoms with van der Waals surface area (Å²) in [5.74, 6) is 0.766. The van der Waals surface area contributed by atoms with Gasteiger partial charge in [-0.05, 0) is 37.6 Å². The zero-order valence-electron chi connectivity index (χ0n) is 11.1. The molecule has 0 bridgehead atoms. The summed E-state index contributed by atoms with van der Waals surface area (Å²) in [4.78, 5) is 2.45. The Hall–Kier alpha value is -0.860. The lowest BCUT2D eigenvalue weighted by molar-refractivity contribution is 0.298. The molecule has 0 aromatic heterocycles. The second-order valence-electron chi connectivity index (χ2n) is 5.11. The highest BCUT2D eigenvalue weighted by molar-refractivity contribution is 5.40. The molecule has 1 aliphatic rings. The highest BCUT2D eigenvalue weighted by Crippen LogP contribution is 2.34. The van der Waals surface area contributed by atoms with E-state index in [1.165, 1.54) is 19.4 Å². The fourth-order valence-corrected chi connectivity index (χ4v) is 2.56. The molecule has 0 amide bonds. The summed E-state index contributed by atoms with van der Waals surface area (Å²) in [7, 11) is 2.23. The Balaban J connectivity index is 1.69. The molecule has 0 aliphatic heterocycles. The largest absolute Gasteiger partial charge is 0.315 e. The second-order valence-corrected chi connectivity index (χ2v) is 5.11. The van der Waals surface area contributed by atoms with Crippen LogP contribution in [0, 0.1) is 0 Å². The van der Waals surface area contributed by atoms with Crippen LogP contribution in [0.25, 0.3) is 0 Å². The standard InChI is InChI=1S/C15H24N2/c1-3-8-16-9-10-17(2)12-14-11-13-6-4-5-7-15(13)14/h4-7,14,16H,3,8-12H2,1-2H3. The molecule has 1 aromatic rings. The Kier molecular flexibility index (Phi) is 4.57. The van der Waals surface area contributed by atoms with Crippen LogP contribution in [-0.4, -0.2) is 38.1 Å². The molecule has 2 rings (SSSR count). The van der Waals surface area contributed by atoms with Crippen molar-refractivity contribution in [3.63, 3.8) is 0 Å². The third-order valence-electron chi connectivity index (χ3n) is 3.59. The minimum absolute atomic E-state index is 0.766. The number of hydrogen-bond acceptors (Lipinski definition) is 2. The SMILES string of the molecule is CCCNCCN(C)CC1Cc2ccccc21. The van der Waals surface area contributed by atoms with Crippen molar-refractivity contribution in [3.8, 4) is 0 Å². The maximum absolute atomic E-state index is 3.45. The zero-order chi connectivity index (χ0) is 12.1. The molecule has 1 aromatic carbocycles. The van der Waals surface area contributed by atoms with Gasteiger partial charge in [0.15, 0.2) is 0 Å². The summed E-state index contributed by atoms with van der Waals surface area (Å²) in [5.41, 5.74) is 3.12. The van der Waals surface area contributed by atoms with E-state index >= 15 is 0 Å². The van der Waals surface area contributed by atoms with Gasteiger partial charge in [-0.15, -0.1) is 0 Å². The van der Waals surface area contributed by atoms with Gasteiger partial charge in [-0.1, -0.05) is 31.2 Å². The van der Waals surface area contributed by atoms with Crippen molar-refractivity contribution in [1.82, 2.24) is 10.2 Å². The van der Waals surface area contributed by atoms with Crippen LogP contribution in [0.3, 0.4) is 0 Å². The van der Waals surface area contributed by atoms with Crippen LogP contribution in [0.15, 0.2) is 24.3 Å². The normalized spacial score (nSPS) is 17.9. The van der Waals surface area contributed by atoms with Gasteiger partial charge in [0.1, 0.15) is 0 Å².